The van der Waals surface area contributed by atoms with Crippen molar-refractivity contribution in [2.45, 2.75) is 26.3 Å². The van der Waals surface area contributed by atoms with Gasteiger partial charge in [0.1, 0.15) is 17.7 Å². The van der Waals surface area contributed by atoms with E-state index in [4.69, 9.17) is 5.11 Å². The van der Waals surface area contributed by atoms with Crippen LogP contribution in [-0.2, 0) is 4.79 Å². The highest BCUT2D eigenvalue weighted by Crippen LogP contribution is 2.15. The zero-order valence-electron chi connectivity index (χ0n) is 11.1. The van der Waals surface area contributed by atoms with Crippen LogP contribution < -0.4 is 10.6 Å². The second-order valence-corrected chi connectivity index (χ2v) is 4.42. The molecule has 3 N–H and O–H groups in total. The number of carboxylic acids is 1. The summed E-state index contributed by atoms with van der Waals surface area (Å²) in [5, 5.41) is 13.3. The van der Waals surface area contributed by atoms with E-state index in [1.165, 1.54) is 0 Å². The summed E-state index contributed by atoms with van der Waals surface area (Å²) < 4.78 is 26.3. The van der Waals surface area contributed by atoms with E-state index < -0.39 is 29.7 Å². The molecule has 0 radical (unpaired) electrons. The SMILES string of the molecule is CC[C@H](C)[C@H](NC(=O)Nc1cc(F)ccc1F)C(=O)O. The smallest absolute Gasteiger partial charge is 0.326 e. The summed E-state index contributed by atoms with van der Waals surface area (Å²) in [4.78, 5) is 22.7. The Hall–Kier alpha value is -2.18. The van der Waals surface area contributed by atoms with E-state index in [2.05, 4.69) is 10.6 Å². The number of carbonyl (C=O) groups is 2. The molecule has 1 aromatic carbocycles. The topological polar surface area (TPSA) is 78.4 Å². The lowest BCUT2D eigenvalue weighted by Crippen LogP contribution is -2.46. The fourth-order valence-electron chi connectivity index (χ4n) is 1.58. The minimum Gasteiger partial charge on any atom is -0.480 e. The first-order chi connectivity index (χ1) is 9.35. The first kappa shape index (κ1) is 15.9. The Morgan fingerprint density at radius 3 is 2.55 bits per heavy atom. The van der Waals surface area contributed by atoms with Gasteiger partial charge in [-0.25, -0.2) is 18.4 Å². The number of hydrogen-bond acceptors (Lipinski definition) is 2. The van der Waals surface area contributed by atoms with Crippen LogP contribution in [0.3, 0.4) is 0 Å². The lowest BCUT2D eigenvalue weighted by atomic mass is 9.99. The van der Waals surface area contributed by atoms with Crippen molar-refractivity contribution in [1.29, 1.82) is 0 Å². The molecule has 2 atom stereocenters. The lowest BCUT2D eigenvalue weighted by Gasteiger charge is -2.20. The van der Waals surface area contributed by atoms with E-state index in [0.29, 0.717) is 6.42 Å². The Bertz CT molecular complexity index is 508. The first-order valence-electron chi connectivity index (χ1n) is 6.10. The third kappa shape index (κ3) is 4.18. The molecule has 0 aromatic heterocycles. The second kappa shape index (κ2) is 6.83. The molecule has 20 heavy (non-hydrogen) atoms. The number of urea groups is 1. The molecule has 0 spiro atoms. The number of benzene rings is 1. The molecular formula is C13H16F2N2O3. The number of halogens is 2. The molecule has 0 saturated carbocycles. The van der Waals surface area contributed by atoms with E-state index in [9.17, 15) is 18.4 Å². The molecule has 0 fully saturated rings. The molecule has 0 saturated heterocycles. The van der Waals surface area contributed by atoms with Crippen LogP contribution in [0.25, 0.3) is 0 Å². The largest absolute Gasteiger partial charge is 0.480 e. The summed E-state index contributed by atoms with van der Waals surface area (Å²) in [5.41, 5.74) is -0.351. The van der Waals surface area contributed by atoms with E-state index >= 15 is 0 Å². The molecule has 0 unspecified atom stereocenters. The highest BCUT2D eigenvalue weighted by Gasteiger charge is 2.25. The number of hydrogen-bond donors (Lipinski definition) is 3. The first-order valence-corrected chi connectivity index (χ1v) is 6.10. The van der Waals surface area contributed by atoms with Gasteiger partial charge in [0.25, 0.3) is 0 Å². The van der Waals surface area contributed by atoms with Gasteiger partial charge in [0.05, 0.1) is 5.69 Å². The molecule has 0 aliphatic rings. The van der Waals surface area contributed by atoms with Gasteiger partial charge in [-0.3, -0.25) is 0 Å². The van der Waals surface area contributed by atoms with E-state index in [-0.39, 0.29) is 11.6 Å². The summed E-state index contributed by atoms with van der Waals surface area (Å²) in [6.45, 7) is 3.45. The molecule has 7 heteroatoms. The number of aliphatic carboxylic acids is 1. The maximum Gasteiger partial charge on any atom is 0.326 e. The van der Waals surface area contributed by atoms with Crippen LogP contribution in [0.5, 0.6) is 0 Å². The van der Waals surface area contributed by atoms with Crippen molar-refractivity contribution in [2.24, 2.45) is 5.92 Å². The Morgan fingerprint density at radius 1 is 1.35 bits per heavy atom. The number of anilines is 1. The molecular weight excluding hydrogens is 270 g/mol. The molecule has 2 amide bonds. The molecule has 0 heterocycles. The molecule has 0 aliphatic heterocycles. The van der Waals surface area contributed by atoms with Gasteiger partial charge in [0.15, 0.2) is 0 Å². The third-order valence-electron chi connectivity index (χ3n) is 2.94. The van der Waals surface area contributed by atoms with Crippen LogP contribution in [-0.4, -0.2) is 23.1 Å². The average molecular weight is 286 g/mol. The molecule has 5 nitrogen and oxygen atoms in total. The van der Waals surface area contributed by atoms with Crippen molar-refractivity contribution in [3.05, 3.63) is 29.8 Å². The van der Waals surface area contributed by atoms with Crippen molar-refractivity contribution in [2.75, 3.05) is 5.32 Å². The number of carbonyl (C=O) groups excluding carboxylic acids is 1. The maximum atomic E-state index is 13.3. The van der Waals surface area contributed by atoms with Crippen LogP contribution in [0.15, 0.2) is 18.2 Å². The summed E-state index contributed by atoms with van der Waals surface area (Å²) in [7, 11) is 0. The van der Waals surface area contributed by atoms with Gasteiger partial charge in [-0.15, -0.1) is 0 Å². The quantitative estimate of drug-likeness (QED) is 0.778. The zero-order valence-corrected chi connectivity index (χ0v) is 11.1. The van der Waals surface area contributed by atoms with Gasteiger partial charge < -0.3 is 15.7 Å². The molecule has 1 rings (SSSR count). The van der Waals surface area contributed by atoms with E-state index in [0.717, 1.165) is 18.2 Å². The zero-order chi connectivity index (χ0) is 15.3. The van der Waals surface area contributed by atoms with E-state index in [1.807, 2.05) is 0 Å². The van der Waals surface area contributed by atoms with Gasteiger partial charge in [-0.2, -0.15) is 0 Å². The van der Waals surface area contributed by atoms with Crippen LogP contribution in [0, 0.1) is 17.6 Å². The molecule has 1 aromatic rings. The van der Waals surface area contributed by atoms with Gasteiger partial charge in [-0.05, 0) is 18.1 Å². The summed E-state index contributed by atoms with van der Waals surface area (Å²) in [6, 6.07) is 0.596. The Balaban J connectivity index is 2.75. The van der Waals surface area contributed by atoms with Crippen molar-refractivity contribution >= 4 is 17.7 Å². The highest BCUT2D eigenvalue weighted by molar-refractivity contribution is 5.92. The minimum atomic E-state index is -1.19. The van der Waals surface area contributed by atoms with Crippen LogP contribution >= 0.6 is 0 Å². The monoisotopic (exact) mass is 286 g/mol. The summed E-state index contributed by atoms with van der Waals surface area (Å²) in [6.07, 6.45) is 0.547. The molecule has 0 bridgehead atoms. The fraction of sp³-hybridized carbons (Fsp3) is 0.385. The van der Waals surface area contributed by atoms with Crippen molar-refractivity contribution in [3.8, 4) is 0 Å². The number of amides is 2. The van der Waals surface area contributed by atoms with Crippen molar-refractivity contribution in [3.63, 3.8) is 0 Å². The number of rotatable bonds is 5. The highest BCUT2D eigenvalue weighted by atomic mass is 19.1. The number of nitrogens with one attached hydrogen (secondary N) is 2. The molecule has 0 aliphatic carbocycles. The normalized spacial score (nSPS) is 13.4. The van der Waals surface area contributed by atoms with Gasteiger partial charge in [0, 0.05) is 6.07 Å². The number of carboxylic acid groups (broad SMARTS) is 1. The van der Waals surface area contributed by atoms with Crippen LogP contribution in [0.1, 0.15) is 20.3 Å². The van der Waals surface area contributed by atoms with Gasteiger partial charge in [0.2, 0.25) is 0 Å². The van der Waals surface area contributed by atoms with Crippen LogP contribution in [0.2, 0.25) is 0 Å². The summed E-state index contributed by atoms with van der Waals surface area (Å²) in [5.74, 6) is -3.00. The summed E-state index contributed by atoms with van der Waals surface area (Å²) >= 11 is 0. The molecule has 110 valence electrons. The standard InChI is InChI=1S/C13H16F2N2O3/c1-3-7(2)11(12(18)19)17-13(20)16-10-6-8(14)4-5-9(10)15/h4-7,11H,3H2,1-2H3,(H,18,19)(H2,16,17,20)/t7-,11-/m0/s1. The predicted molar refractivity (Wildman–Crippen MR) is 69.4 cm³/mol. The van der Waals surface area contributed by atoms with Gasteiger partial charge >= 0.3 is 12.0 Å². The average Bonchev–Trinajstić information content (AvgIpc) is 2.39. The van der Waals surface area contributed by atoms with E-state index in [1.54, 1.807) is 13.8 Å². The maximum absolute atomic E-state index is 13.3. The van der Waals surface area contributed by atoms with Crippen molar-refractivity contribution in [1.82, 2.24) is 5.32 Å². The minimum absolute atomic E-state index is 0.296. The van der Waals surface area contributed by atoms with Crippen molar-refractivity contribution < 1.29 is 23.5 Å². The lowest BCUT2D eigenvalue weighted by molar-refractivity contribution is -0.140. The Morgan fingerprint density at radius 2 is 2.00 bits per heavy atom. The fourth-order valence-corrected chi connectivity index (χ4v) is 1.58. The Kier molecular flexibility index (Phi) is 5.42. The Labute approximate surface area is 115 Å². The third-order valence-corrected chi connectivity index (χ3v) is 2.94. The second-order valence-electron chi connectivity index (χ2n) is 4.42. The van der Waals surface area contributed by atoms with Crippen LogP contribution in [0.4, 0.5) is 19.3 Å². The predicted octanol–water partition coefficient (Wildman–Crippen LogP) is 2.59. The van der Waals surface area contributed by atoms with Gasteiger partial charge in [-0.1, -0.05) is 20.3 Å².